The zero-order valence-electron chi connectivity index (χ0n) is 18.5. The highest BCUT2D eigenvalue weighted by molar-refractivity contribution is 7.99. The van der Waals surface area contributed by atoms with E-state index in [0.29, 0.717) is 11.2 Å². The van der Waals surface area contributed by atoms with Gasteiger partial charge in [0.05, 0.1) is 11.0 Å². The molecule has 7 nitrogen and oxygen atoms in total. The molecule has 3 aromatic carbocycles. The number of fused-ring (bicyclic) bond motifs is 3. The lowest BCUT2D eigenvalue weighted by Crippen LogP contribution is -2.14. The number of carbonyl (C=O) groups excluding carboxylic acids is 1. The van der Waals surface area contributed by atoms with Crippen LogP contribution < -0.4 is 5.32 Å². The zero-order chi connectivity index (χ0) is 23.0. The highest BCUT2D eigenvalue weighted by atomic mass is 32.2. The third-order valence-corrected chi connectivity index (χ3v) is 6.31. The van der Waals surface area contributed by atoms with Crippen molar-refractivity contribution in [2.45, 2.75) is 36.1 Å². The van der Waals surface area contributed by atoms with Crippen molar-refractivity contribution < 1.29 is 4.79 Å². The number of amides is 1. The van der Waals surface area contributed by atoms with Crippen LogP contribution in [-0.2, 0) is 5.41 Å². The van der Waals surface area contributed by atoms with E-state index in [1.165, 1.54) is 17.3 Å². The minimum Gasteiger partial charge on any atom is -0.322 e. The quantitative estimate of drug-likeness (QED) is 0.393. The molecule has 5 rings (SSSR count). The predicted molar refractivity (Wildman–Crippen MR) is 130 cm³/mol. The summed E-state index contributed by atoms with van der Waals surface area (Å²) in [5.74, 6) is -0.136. The number of hydrogen-bond acceptors (Lipinski definition) is 6. The number of nitrogens with zero attached hydrogens (tertiary/aromatic N) is 5. The highest BCUT2D eigenvalue weighted by Gasteiger charge is 2.15. The summed E-state index contributed by atoms with van der Waals surface area (Å²) in [4.78, 5) is 18.3. The molecule has 0 bridgehead atoms. The molecule has 5 aromatic rings. The average Bonchev–Trinajstić information content (AvgIpc) is 3.31. The van der Waals surface area contributed by atoms with E-state index in [9.17, 15) is 4.79 Å². The Hall–Kier alpha value is -3.78. The molecule has 0 aliphatic rings. The number of carbonyl (C=O) groups is 1. The SMILES string of the molecule is CC(C)(C)c1ccc(C(=O)Nc2ccc(Sc3nc4ccccc4n4nnnc34)cc2)cc1. The van der Waals surface area contributed by atoms with Crippen molar-refractivity contribution >= 4 is 40.0 Å². The third-order valence-electron chi connectivity index (χ3n) is 5.33. The Balaban J connectivity index is 1.33. The fourth-order valence-electron chi connectivity index (χ4n) is 3.49. The van der Waals surface area contributed by atoms with Crippen LogP contribution >= 0.6 is 11.8 Å². The average molecular weight is 455 g/mol. The molecule has 8 heteroatoms. The van der Waals surface area contributed by atoms with Crippen LogP contribution in [0.4, 0.5) is 5.69 Å². The van der Waals surface area contributed by atoms with Crippen molar-refractivity contribution in [2.75, 3.05) is 5.32 Å². The normalized spacial score (nSPS) is 11.7. The van der Waals surface area contributed by atoms with Gasteiger partial charge >= 0.3 is 0 Å². The molecule has 0 aliphatic heterocycles. The minimum absolute atomic E-state index is 0.0521. The number of aromatic nitrogens is 5. The summed E-state index contributed by atoms with van der Waals surface area (Å²) in [6.07, 6.45) is 0. The molecule has 0 radical (unpaired) electrons. The van der Waals surface area contributed by atoms with Crippen LogP contribution in [-0.4, -0.2) is 30.9 Å². The van der Waals surface area contributed by atoms with Crippen LogP contribution in [0.5, 0.6) is 0 Å². The van der Waals surface area contributed by atoms with Gasteiger partial charge in [0.15, 0.2) is 0 Å². The van der Waals surface area contributed by atoms with Crippen molar-refractivity contribution in [3.8, 4) is 0 Å². The summed E-state index contributed by atoms with van der Waals surface area (Å²) < 4.78 is 1.70. The molecular formula is C25H22N6OS. The Bertz CT molecular complexity index is 1450. The van der Waals surface area contributed by atoms with Gasteiger partial charge in [0.2, 0.25) is 5.65 Å². The Morgan fingerprint density at radius 1 is 0.939 bits per heavy atom. The summed E-state index contributed by atoms with van der Waals surface area (Å²) >= 11 is 1.48. The van der Waals surface area contributed by atoms with Gasteiger partial charge in [-0.05, 0) is 69.9 Å². The van der Waals surface area contributed by atoms with Crippen LogP contribution in [0, 0.1) is 0 Å². The lowest BCUT2D eigenvalue weighted by molar-refractivity contribution is 0.102. The van der Waals surface area contributed by atoms with Gasteiger partial charge in [-0.1, -0.05) is 56.8 Å². The highest BCUT2D eigenvalue weighted by Crippen LogP contribution is 2.31. The summed E-state index contributed by atoms with van der Waals surface area (Å²) in [5, 5.41) is 15.7. The number of benzene rings is 3. The molecule has 0 unspecified atom stereocenters. The first kappa shape index (κ1) is 21.1. The van der Waals surface area contributed by atoms with E-state index in [0.717, 1.165) is 26.6 Å². The van der Waals surface area contributed by atoms with Crippen molar-refractivity contribution in [1.82, 2.24) is 25.0 Å². The zero-order valence-corrected chi connectivity index (χ0v) is 19.3. The Kier molecular flexibility index (Phi) is 5.30. The molecule has 0 aliphatic carbocycles. The lowest BCUT2D eigenvalue weighted by Gasteiger charge is -2.19. The van der Waals surface area contributed by atoms with Gasteiger partial charge in [-0.15, -0.1) is 5.10 Å². The summed E-state index contributed by atoms with van der Waals surface area (Å²) in [6, 6.07) is 23.1. The van der Waals surface area contributed by atoms with E-state index in [1.54, 1.807) is 4.52 Å². The number of hydrogen-bond donors (Lipinski definition) is 1. The van der Waals surface area contributed by atoms with Gasteiger partial charge in [-0.2, -0.15) is 4.52 Å². The largest absolute Gasteiger partial charge is 0.322 e. The summed E-state index contributed by atoms with van der Waals surface area (Å²) in [7, 11) is 0. The summed E-state index contributed by atoms with van der Waals surface area (Å²) in [6.45, 7) is 6.46. The minimum atomic E-state index is -0.136. The molecule has 0 spiro atoms. The van der Waals surface area contributed by atoms with E-state index >= 15 is 0 Å². The van der Waals surface area contributed by atoms with E-state index in [2.05, 4.69) is 41.6 Å². The second kappa shape index (κ2) is 8.29. The molecular weight excluding hydrogens is 432 g/mol. The maximum Gasteiger partial charge on any atom is 0.255 e. The van der Waals surface area contributed by atoms with Crippen LogP contribution in [0.1, 0.15) is 36.7 Å². The molecule has 0 saturated heterocycles. The third kappa shape index (κ3) is 4.29. The van der Waals surface area contributed by atoms with E-state index in [1.807, 2.05) is 72.8 Å². The Morgan fingerprint density at radius 2 is 1.67 bits per heavy atom. The van der Waals surface area contributed by atoms with Gasteiger partial charge in [0, 0.05) is 16.1 Å². The number of rotatable bonds is 4. The van der Waals surface area contributed by atoms with Gasteiger partial charge in [-0.3, -0.25) is 4.79 Å². The van der Waals surface area contributed by atoms with Crippen LogP contribution in [0.25, 0.3) is 16.7 Å². The van der Waals surface area contributed by atoms with Gasteiger partial charge in [0.1, 0.15) is 5.03 Å². The van der Waals surface area contributed by atoms with Gasteiger partial charge in [-0.25, -0.2) is 4.98 Å². The van der Waals surface area contributed by atoms with E-state index < -0.39 is 0 Å². The predicted octanol–water partition coefficient (Wildman–Crippen LogP) is 5.37. The first-order chi connectivity index (χ1) is 15.9. The van der Waals surface area contributed by atoms with Crippen LogP contribution in [0.15, 0.2) is 82.7 Å². The topological polar surface area (TPSA) is 85.1 Å². The molecule has 0 saturated carbocycles. The fourth-order valence-corrected chi connectivity index (χ4v) is 4.35. The van der Waals surface area contributed by atoms with Crippen molar-refractivity contribution in [3.63, 3.8) is 0 Å². The van der Waals surface area contributed by atoms with Gasteiger partial charge in [0.25, 0.3) is 5.91 Å². The van der Waals surface area contributed by atoms with Crippen molar-refractivity contribution in [2.24, 2.45) is 0 Å². The monoisotopic (exact) mass is 454 g/mol. The van der Waals surface area contributed by atoms with Crippen LogP contribution in [0.2, 0.25) is 0 Å². The molecule has 1 N–H and O–H groups in total. The first-order valence-corrected chi connectivity index (χ1v) is 11.4. The number of nitrogens with one attached hydrogen (secondary N) is 1. The second-order valence-electron chi connectivity index (χ2n) is 8.73. The second-order valence-corrected chi connectivity index (χ2v) is 9.79. The maximum atomic E-state index is 12.6. The first-order valence-electron chi connectivity index (χ1n) is 10.6. The molecule has 2 heterocycles. The standard InChI is InChI=1S/C25H22N6OS/c1-25(2,3)17-10-8-16(9-11-17)23(32)26-18-12-14-19(15-13-18)33-24-22-28-29-30-31(22)21-7-5-4-6-20(21)27-24/h4-15H,1-3H3,(H,26,32). The van der Waals surface area contributed by atoms with Crippen molar-refractivity contribution in [3.05, 3.63) is 83.9 Å². The molecule has 1 amide bonds. The lowest BCUT2D eigenvalue weighted by atomic mass is 9.87. The van der Waals surface area contributed by atoms with E-state index in [-0.39, 0.29) is 11.3 Å². The number of tetrazole rings is 1. The molecule has 33 heavy (non-hydrogen) atoms. The summed E-state index contributed by atoms with van der Waals surface area (Å²) in [5.41, 5.74) is 4.89. The number of anilines is 1. The fraction of sp³-hybridized carbons (Fsp3) is 0.160. The van der Waals surface area contributed by atoms with E-state index in [4.69, 9.17) is 4.98 Å². The Morgan fingerprint density at radius 3 is 2.39 bits per heavy atom. The Labute approximate surface area is 195 Å². The maximum absolute atomic E-state index is 12.6. The van der Waals surface area contributed by atoms with Crippen LogP contribution in [0.3, 0.4) is 0 Å². The molecule has 0 fully saturated rings. The number of para-hydroxylation sites is 2. The van der Waals surface area contributed by atoms with Gasteiger partial charge < -0.3 is 5.32 Å². The molecule has 0 atom stereocenters. The molecule has 2 aromatic heterocycles. The smallest absolute Gasteiger partial charge is 0.255 e. The van der Waals surface area contributed by atoms with Crippen molar-refractivity contribution in [1.29, 1.82) is 0 Å². The molecule has 164 valence electrons.